The van der Waals surface area contributed by atoms with Crippen molar-refractivity contribution in [2.45, 2.75) is 65.6 Å². The van der Waals surface area contributed by atoms with Crippen LogP contribution in [-0.4, -0.2) is 29.2 Å². The number of aliphatic hydroxyl groups excluding tert-OH is 1. The summed E-state index contributed by atoms with van der Waals surface area (Å²) in [6.45, 7) is 10.0. The van der Waals surface area contributed by atoms with E-state index in [-0.39, 0.29) is 34.9 Å². The molecule has 3 unspecified atom stereocenters. The van der Waals surface area contributed by atoms with E-state index in [2.05, 4.69) is 5.32 Å². The Labute approximate surface area is 104 Å². The molecule has 1 rings (SSSR count). The molecule has 0 aromatic heterocycles. The number of aliphatic hydroxyl groups is 1. The van der Waals surface area contributed by atoms with Gasteiger partial charge in [0.1, 0.15) is 0 Å². The summed E-state index contributed by atoms with van der Waals surface area (Å²) in [4.78, 5) is 11.8. The highest BCUT2D eigenvalue weighted by atomic mass is 16.3. The molecule has 4 heteroatoms. The molecular weight excluding hydrogens is 216 g/mol. The zero-order valence-corrected chi connectivity index (χ0v) is 11.6. The molecule has 0 radical (unpaired) electrons. The van der Waals surface area contributed by atoms with Gasteiger partial charge in [-0.2, -0.15) is 0 Å². The van der Waals surface area contributed by atoms with E-state index < -0.39 is 0 Å². The molecule has 100 valence electrons. The third kappa shape index (κ3) is 3.19. The van der Waals surface area contributed by atoms with E-state index in [1.165, 1.54) is 0 Å². The van der Waals surface area contributed by atoms with Crippen LogP contribution < -0.4 is 11.1 Å². The van der Waals surface area contributed by atoms with Crippen molar-refractivity contribution >= 4 is 5.91 Å². The van der Waals surface area contributed by atoms with Crippen LogP contribution in [0.3, 0.4) is 0 Å². The summed E-state index contributed by atoms with van der Waals surface area (Å²) in [5.41, 5.74) is 5.69. The number of amides is 1. The molecule has 1 aliphatic rings. The van der Waals surface area contributed by atoms with Crippen LogP contribution in [-0.2, 0) is 4.79 Å². The molecule has 0 bridgehead atoms. The molecule has 0 aromatic rings. The van der Waals surface area contributed by atoms with Crippen LogP contribution >= 0.6 is 0 Å². The van der Waals surface area contributed by atoms with Crippen LogP contribution in [0.2, 0.25) is 0 Å². The van der Waals surface area contributed by atoms with Crippen molar-refractivity contribution in [1.82, 2.24) is 5.32 Å². The van der Waals surface area contributed by atoms with Gasteiger partial charge in [0.05, 0.1) is 6.10 Å². The summed E-state index contributed by atoms with van der Waals surface area (Å²) in [5.74, 6) is -0.0163. The first-order valence-corrected chi connectivity index (χ1v) is 6.28. The summed E-state index contributed by atoms with van der Waals surface area (Å²) in [7, 11) is 0. The minimum Gasteiger partial charge on any atom is -0.392 e. The second-order valence-electron chi connectivity index (χ2n) is 6.87. The predicted octanol–water partition coefficient (Wildman–Crippen LogP) is 1.03. The van der Waals surface area contributed by atoms with Crippen molar-refractivity contribution in [3.8, 4) is 0 Å². The minimum absolute atomic E-state index is 0.0163. The molecule has 4 nitrogen and oxygen atoms in total. The highest BCUT2D eigenvalue weighted by Gasteiger charge is 2.48. The fraction of sp³-hybridized carbons (Fsp3) is 0.923. The highest BCUT2D eigenvalue weighted by Crippen LogP contribution is 2.40. The molecule has 3 atom stereocenters. The largest absolute Gasteiger partial charge is 0.392 e. The van der Waals surface area contributed by atoms with E-state index in [9.17, 15) is 9.90 Å². The van der Waals surface area contributed by atoms with Gasteiger partial charge in [0.25, 0.3) is 0 Å². The van der Waals surface area contributed by atoms with E-state index in [1.807, 2.05) is 34.6 Å². The Morgan fingerprint density at radius 2 is 2.06 bits per heavy atom. The zero-order valence-electron chi connectivity index (χ0n) is 11.6. The smallest absolute Gasteiger partial charge is 0.221 e. The molecule has 0 aliphatic heterocycles. The Morgan fingerprint density at radius 1 is 1.53 bits per heavy atom. The molecule has 1 amide bonds. The number of nitrogens with two attached hydrogens (primary N) is 1. The third-order valence-corrected chi connectivity index (χ3v) is 4.07. The number of nitrogens with one attached hydrogen (secondary N) is 1. The Morgan fingerprint density at radius 3 is 2.41 bits per heavy atom. The van der Waals surface area contributed by atoms with Crippen LogP contribution in [0.15, 0.2) is 0 Å². The first-order valence-electron chi connectivity index (χ1n) is 6.28. The molecular formula is C13H26N2O2. The van der Waals surface area contributed by atoms with E-state index in [4.69, 9.17) is 5.73 Å². The van der Waals surface area contributed by atoms with Crippen molar-refractivity contribution in [2.24, 2.45) is 16.6 Å². The van der Waals surface area contributed by atoms with Crippen LogP contribution in [0.4, 0.5) is 0 Å². The zero-order chi connectivity index (χ0) is 13.4. The lowest BCUT2D eigenvalue weighted by atomic mass is 9.64. The van der Waals surface area contributed by atoms with Gasteiger partial charge in [0.15, 0.2) is 0 Å². The van der Waals surface area contributed by atoms with Gasteiger partial charge in [0.2, 0.25) is 5.91 Å². The van der Waals surface area contributed by atoms with Gasteiger partial charge in [-0.3, -0.25) is 4.79 Å². The molecule has 0 saturated heterocycles. The van der Waals surface area contributed by atoms with Gasteiger partial charge in [-0.25, -0.2) is 0 Å². The first-order chi connectivity index (χ1) is 7.55. The molecule has 0 aromatic carbocycles. The van der Waals surface area contributed by atoms with E-state index in [0.29, 0.717) is 12.8 Å². The number of carbonyl (C=O) groups is 1. The minimum atomic E-state index is -0.316. The van der Waals surface area contributed by atoms with Crippen molar-refractivity contribution in [3.63, 3.8) is 0 Å². The number of rotatable bonds is 3. The topological polar surface area (TPSA) is 75.4 Å². The van der Waals surface area contributed by atoms with Crippen LogP contribution in [0, 0.1) is 10.8 Å². The Bertz CT molecular complexity index is 294. The van der Waals surface area contributed by atoms with Crippen molar-refractivity contribution in [3.05, 3.63) is 0 Å². The normalized spacial score (nSPS) is 29.4. The lowest BCUT2D eigenvalue weighted by Crippen LogP contribution is -2.61. The molecule has 1 saturated carbocycles. The van der Waals surface area contributed by atoms with E-state index >= 15 is 0 Å². The lowest BCUT2D eigenvalue weighted by Gasteiger charge is -2.49. The van der Waals surface area contributed by atoms with Crippen molar-refractivity contribution in [1.29, 1.82) is 0 Å². The average molecular weight is 242 g/mol. The fourth-order valence-electron chi connectivity index (χ4n) is 1.91. The van der Waals surface area contributed by atoms with Crippen LogP contribution in [0.25, 0.3) is 0 Å². The van der Waals surface area contributed by atoms with Crippen LogP contribution in [0.5, 0.6) is 0 Å². The van der Waals surface area contributed by atoms with Gasteiger partial charge in [0, 0.05) is 23.9 Å². The molecule has 4 N–H and O–H groups in total. The average Bonchev–Trinajstić information content (AvgIpc) is 2.15. The Kier molecular flexibility index (Phi) is 3.89. The van der Waals surface area contributed by atoms with E-state index in [1.54, 1.807) is 0 Å². The van der Waals surface area contributed by atoms with Gasteiger partial charge >= 0.3 is 0 Å². The summed E-state index contributed by atoms with van der Waals surface area (Å²) in [5, 5.41) is 12.6. The quantitative estimate of drug-likeness (QED) is 0.692. The molecule has 17 heavy (non-hydrogen) atoms. The number of carbonyl (C=O) groups excluding carboxylic acids is 1. The Hall–Kier alpha value is -0.610. The van der Waals surface area contributed by atoms with Gasteiger partial charge in [-0.05, 0) is 11.8 Å². The lowest BCUT2D eigenvalue weighted by molar-refractivity contribution is -0.130. The monoisotopic (exact) mass is 242 g/mol. The van der Waals surface area contributed by atoms with Gasteiger partial charge < -0.3 is 16.2 Å². The van der Waals surface area contributed by atoms with Crippen molar-refractivity contribution in [2.75, 3.05) is 0 Å². The van der Waals surface area contributed by atoms with Gasteiger partial charge in [-0.15, -0.1) is 0 Å². The van der Waals surface area contributed by atoms with Gasteiger partial charge in [-0.1, -0.05) is 34.6 Å². The molecule has 0 spiro atoms. The van der Waals surface area contributed by atoms with Crippen LogP contribution in [0.1, 0.15) is 47.5 Å². The predicted molar refractivity (Wildman–Crippen MR) is 68.4 cm³/mol. The summed E-state index contributed by atoms with van der Waals surface area (Å²) >= 11 is 0. The SMILES string of the molecule is CC(C)(C)C(N)CC(=O)NC1CC(O)C1(C)C. The third-order valence-electron chi connectivity index (χ3n) is 4.07. The summed E-state index contributed by atoms with van der Waals surface area (Å²) in [6, 6.07) is -0.0761. The standard InChI is InChI=1S/C13H26N2O2/c1-12(2,3)8(14)6-11(17)15-9-7-10(16)13(9,4)5/h8-10,16H,6-7,14H2,1-5H3,(H,15,17). The molecule has 0 heterocycles. The maximum Gasteiger partial charge on any atom is 0.221 e. The maximum atomic E-state index is 11.8. The van der Waals surface area contributed by atoms with Crippen molar-refractivity contribution < 1.29 is 9.90 Å². The number of hydrogen-bond donors (Lipinski definition) is 3. The summed E-state index contributed by atoms with van der Waals surface area (Å²) in [6.07, 6.45) is 0.666. The fourth-order valence-corrected chi connectivity index (χ4v) is 1.91. The highest BCUT2D eigenvalue weighted by molar-refractivity contribution is 5.77. The first kappa shape index (κ1) is 14.5. The maximum absolute atomic E-state index is 11.8. The molecule has 1 fully saturated rings. The van der Waals surface area contributed by atoms with E-state index in [0.717, 1.165) is 0 Å². The second-order valence-corrected chi connectivity index (χ2v) is 6.87. The second kappa shape index (κ2) is 4.58. The number of hydrogen-bond acceptors (Lipinski definition) is 3. The molecule has 1 aliphatic carbocycles. The summed E-state index contributed by atoms with van der Waals surface area (Å²) < 4.78 is 0. The Balaban J connectivity index is 2.42.